The standard InChI is InChI=1S/C16H23N3O3S/c1-13-4-2-3-5-15(13)23(21,22)19-10-8-18(9-11-19)12-16(20)17-14-6-7-14/h2-5,14H,6-12H2,1H3,(H,17,20). The zero-order valence-electron chi connectivity index (χ0n) is 13.4. The fourth-order valence-corrected chi connectivity index (χ4v) is 4.46. The number of hydrogen-bond acceptors (Lipinski definition) is 4. The van der Waals surface area contributed by atoms with Gasteiger partial charge in [-0.2, -0.15) is 4.31 Å². The zero-order valence-corrected chi connectivity index (χ0v) is 14.2. The van der Waals surface area contributed by atoms with Crippen molar-refractivity contribution in [3.63, 3.8) is 0 Å². The van der Waals surface area contributed by atoms with Gasteiger partial charge in [-0.05, 0) is 31.4 Å². The second kappa shape index (κ2) is 6.59. The van der Waals surface area contributed by atoms with Crippen LogP contribution in [0.15, 0.2) is 29.2 Å². The lowest BCUT2D eigenvalue weighted by molar-refractivity contribution is -0.122. The average Bonchev–Trinajstić information content (AvgIpc) is 3.32. The second-order valence-electron chi connectivity index (χ2n) is 6.29. The molecule has 2 aliphatic rings. The van der Waals surface area contributed by atoms with E-state index in [9.17, 15) is 13.2 Å². The summed E-state index contributed by atoms with van der Waals surface area (Å²) in [6, 6.07) is 7.42. The van der Waals surface area contributed by atoms with Gasteiger partial charge in [0.1, 0.15) is 0 Å². The Hall–Kier alpha value is -1.44. The molecule has 1 aliphatic carbocycles. The maximum absolute atomic E-state index is 12.7. The second-order valence-corrected chi connectivity index (χ2v) is 8.19. The first-order valence-corrected chi connectivity index (χ1v) is 9.48. The number of hydrogen-bond donors (Lipinski definition) is 1. The molecule has 0 spiro atoms. The number of amides is 1. The van der Waals surface area contributed by atoms with Crippen LogP contribution in [-0.2, 0) is 14.8 Å². The Balaban J connectivity index is 1.57. The quantitative estimate of drug-likeness (QED) is 0.853. The Labute approximate surface area is 137 Å². The number of rotatable bonds is 5. The minimum Gasteiger partial charge on any atom is -0.352 e. The van der Waals surface area contributed by atoms with Crippen molar-refractivity contribution in [3.05, 3.63) is 29.8 Å². The lowest BCUT2D eigenvalue weighted by Gasteiger charge is -2.33. The Morgan fingerprint density at radius 1 is 1.17 bits per heavy atom. The molecule has 1 saturated heterocycles. The Bertz CT molecular complexity index is 678. The van der Waals surface area contributed by atoms with Crippen LogP contribution in [0, 0.1) is 6.92 Å². The predicted octanol–water partition coefficient (Wildman–Crippen LogP) is 0.580. The topological polar surface area (TPSA) is 69.7 Å². The lowest BCUT2D eigenvalue weighted by atomic mass is 10.2. The van der Waals surface area contributed by atoms with Crippen molar-refractivity contribution < 1.29 is 13.2 Å². The molecule has 3 rings (SSSR count). The summed E-state index contributed by atoms with van der Waals surface area (Å²) < 4.78 is 27.0. The van der Waals surface area contributed by atoms with E-state index in [1.54, 1.807) is 12.1 Å². The number of nitrogens with one attached hydrogen (secondary N) is 1. The van der Waals surface area contributed by atoms with Crippen LogP contribution >= 0.6 is 0 Å². The highest BCUT2D eigenvalue weighted by Gasteiger charge is 2.30. The fourth-order valence-electron chi connectivity index (χ4n) is 2.82. The van der Waals surface area contributed by atoms with Crippen LogP contribution in [-0.4, -0.2) is 62.3 Å². The highest BCUT2D eigenvalue weighted by atomic mass is 32.2. The van der Waals surface area contributed by atoms with Gasteiger partial charge in [0.25, 0.3) is 0 Å². The summed E-state index contributed by atoms with van der Waals surface area (Å²) in [5.41, 5.74) is 0.763. The van der Waals surface area contributed by atoms with Crippen LogP contribution < -0.4 is 5.32 Å². The summed E-state index contributed by atoms with van der Waals surface area (Å²) in [5.74, 6) is 0.0442. The predicted molar refractivity (Wildman–Crippen MR) is 87.5 cm³/mol. The van der Waals surface area contributed by atoms with E-state index < -0.39 is 10.0 Å². The van der Waals surface area contributed by atoms with Gasteiger partial charge in [0.15, 0.2) is 0 Å². The molecular formula is C16H23N3O3S. The van der Waals surface area contributed by atoms with E-state index in [2.05, 4.69) is 5.32 Å². The van der Waals surface area contributed by atoms with Crippen LogP contribution in [0.4, 0.5) is 0 Å². The van der Waals surface area contributed by atoms with Crippen molar-refractivity contribution >= 4 is 15.9 Å². The van der Waals surface area contributed by atoms with Gasteiger partial charge < -0.3 is 5.32 Å². The third kappa shape index (κ3) is 3.91. The molecule has 23 heavy (non-hydrogen) atoms. The normalized spacial score (nSPS) is 20.4. The van der Waals surface area contributed by atoms with Crippen molar-refractivity contribution in [2.75, 3.05) is 32.7 Å². The molecule has 0 atom stereocenters. The minimum atomic E-state index is -3.45. The number of nitrogens with zero attached hydrogens (tertiary/aromatic N) is 2. The van der Waals surface area contributed by atoms with E-state index in [1.165, 1.54) is 4.31 Å². The summed E-state index contributed by atoms with van der Waals surface area (Å²) >= 11 is 0. The Kier molecular flexibility index (Phi) is 4.70. The lowest BCUT2D eigenvalue weighted by Crippen LogP contribution is -2.51. The van der Waals surface area contributed by atoms with Crippen molar-refractivity contribution in [2.24, 2.45) is 0 Å². The van der Waals surface area contributed by atoms with Gasteiger partial charge in [-0.1, -0.05) is 18.2 Å². The summed E-state index contributed by atoms with van der Waals surface area (Å²) in [5, 5.41) is 2.96. The molecule has 1 amide bonds. The van der Waals surface area contributed by atoms with Crippen LogP contribution in [0.3, 0.4) is 0 Å². The fraction of sp³-hybridized carbons (Fsp3) is 0.562. The first kappa shape index (κ1) is 16.4. The molecule has 0 bridgehead atoms. The number of carbonyl (C=O) groups is 1. The molecule has 6 nitrogen and oxygen atoms in total. The summed E-state index contributed by atoms with van der Waals surface area (Å²) in [7, 11) is -3.45. The molecule has 0 aromatic heterocycles. The van der Waals surface area contributed by atoms with E-state index in [0.717, 1.165) is 18.4 Å². The van der Waals surface area contributed by atoms with Crippen LogP contribution in [0.25, 0.3) is 0 Å². The first-order chi connectivity index (χ1) is 11.0. The molecule has 1 saturated carbocycles. The average molecular weight is 337 g/mol. The van der Waals surface area contributed by atoms with Crippen molar-refractivity contribution in [2.45, 2.75) is 30.7 Å². The van der Waals surface area contributed by atoms with E-state index in [0.29, 0.717) is 43.7 Å². The summed E-state index contributed by atoms with van der Waals surface area (Å²) in [6.07, 6.45) is 2.16. The molecule has 1 aromatic carbocycles. The highest BCUT2D eigenvalue weighted by Crippen LogP contribution is 2.21. The molecule has 0 radical (unpaired) electrons. The van der Waals surface area contributed by atoms with Crippen molar-refractivity contribution in [1.82, 2.24) is 14.5 Å². The van der Waals surface area contributed by atoms with Crippen LogP contribution in [0.1, 0.15) is 18.4 Å². The van der Waals surface area contributed by atoms with Gasteiger partial charge >= 0.3 is 0 Å². The van der Waals surface area contributed by atoms with Gasteiger partial charge in [0, 0.05) is 32.2 Å². The maximum Gasteiger partial charge on any atom is 0.243 e. The molecule has 0 unspecified atom stereocenters. The number of aryl methyl sites for hydroxylation is 1. The smallest absolute Gasteiger partial charge is 0.243 e. The Morgan fingerprint density at radius 3 is 2.43 bits per heavy atom. The maximum atomic E-state index is 12.7. The highest BCUT2D eigenvalue weighted by molar-refractivity contribution is 7.89. The van der Waals surface area contributed by atoms with Crippen LogP contribution in [0.2, 0.25) is 0 Å². The van der Waals surface area contributed by atoms with Crippen LogP contribution in [0.5, 0.6) is 0 Å². The third-order valence-corrected chi connectivity index (χ3v) is 6.41. The van der Waals surface area contributed by atoms with Gasteiger partial charge in [-0.15, -0.1) is 0 Å². The molecule has 1 aliphatic heterocycles. The number of benzene rings is 1. The third-order valence-electron chi connectivity index (χ3n) is 4.35. The monoisotopic (exact) mass is 337 g/mol. The summed E-state index contributed by atoms with van der Waals surface area (Å²) in [4.78, 5) is 14.2. The SMILES string of the molecule is Cc1ccccc1S(=O)(=O)N1CCN(CC(=O)NC2CC2)CC1. The molecule has 1 aromatic rings. The molecule has 126 valence electrons. The largest absolute Gasteiger partial charge is 0.352 e. The number of piperazine rings is 1. The molecule has 1 heterocycles. The van der Waals surface area contributed by atoms with Gasteiger partial charge in [0.05, 0.1) is 11.4 Å². The van der Waals surface area contributed by atoms with Crippen molar-refractivity contribution in [3.8, 4) is 0 Å². The number of carbonyl (C=O) groups excluding carboxylic acids is 1. The molecule has 1 N–H and O–H groups in total. The summed E-state index contributed by atoms with van der Waals surface area (Å²) in [6.45, 7) is 4.19. The molecular weight excluding hydrogens is 314 g/mol. The van der Waals surface area contributed by atoms with Crippen molar-refractivity contribution in [1.29, 1.82) is 0 Å². The first-order valence-electron chi connectivity index (χ1n) is 8.04. The van der Waals surface area contributed by atoms with E-state index in [1.807, 2.05) is 24.0 Å². The molecule has 2 fully saturated rings. The van der Waals surface area contributed by atoms with E-state index in [-0.39, 0.29) is 5.91 Å². The zero-order chi connectivity index (χ0) is 16.4. The number of sulfonamides is 1. The van der Waals surface area contributed by atoms with Gasteiger partial charge in [0.2, 0.25) is 15.9 Å². The molecule has 7 heteroatoms. The minimum absolute atomic E-state index is 0.0442. The van der Waals surface area contributed by atoms with Gasteiger partial charge in [-0.3, -0.25) is 9.69 Å². The van der Waals surface area contributed by atoms with E-state index >= 15 is 0 Å². The van der Waals surface area contributed by atoms with E-state index in [4.69, 9.17) is 0 Å². The van der Waals surface area contributed by atoms with Gasteiger partial charge in [-0.25, -0.2) is 8.42 Å². The Morgan fingerprint density at radius 2 is 1.83 bits per heavy atom.